The summed E-state index contributed by atoms with van der Waals surface area (Å²) < 4.78 is 6.18. The number of aromatic nitrogens is 2. The van der Waals surface area contributed by atoms with Crippen molar-refractivity contribution in [1.82, 2.24) is 9.97 Å². The smallest absolute Gasteiger partial charge is 0.288 e. The van der Waals surface area contributed by atoms with Gasteiger partial charge in [-0.1, -0.05) is 25.4 Å². The first-order chi connectivity index (χ1) is 9.86. The van der Waals surface area contributed by atoms with E-state index in [4.69, 9.17) is 16.3 Å². The number of hydrogen-bond acceptors (Lipinski definition) is 5. The number of ether oxygens (including phenoxy) is 1. The predicted octanol–water partition coefficient (Wildman–Crippen LogP) is 4.72. The fraction of sp³-hybridized carbons (Fsp3) is 0.231. The molecule has 1 aromatic carbocycles. The Morgan fingerprint density at radius 3 is 2.62 bits per heavy atom. The summed E-state index contributed by atoms with van der Waals surface area (Å²) in [6.45, 7) is 3.93. The van der Waals surface area contributed by atoms with E-state index in [2.05, 4.69) is 25.9 Å². The Morgan fingerprint density at radius 1 is 1.33 bits per heavy atom. The fourth-order valence-electron chi connectivity index (χ4n) is 1.54. The monoisotopic (exact) mass is 371 g/mol. The lowest BCUT2D eigenvalue weighted by Gasteiger charge is -2.09. The topological polar surface area (TPSA) is 78.2 Å². The molecular formula is C13H11BrClN3O3. The molecule has 0 atom stereocenters. The minimum atomic E-state index is -0.551. The average molecular weight is 373 g/mol. The van der Waals surface area contributed by atoms with Crippen molar-refractivity contribution in [1.29, 1.82) is 0 Å². The number of benzene rings is 1. The Bertz CT molecular complexity index is 694. The maximum atomic E-state index is 10.7. The van der Waals surface area contributed by atoms with Gasteiger partial charge < -0.3 is 4.74 Å². The Balaban J connectivity index is 2.30. The number of nitro benzene ring substituents is 1. The van der Waals surface area contributed by atoms with Crippen molar-refractivity contribution in [3.8, 4) is 11.6 Å². The largest absolute Gasteiger partial charge is 0.439 e. The highest BCUT2D eigenvalue weighted by atomic mass is 79.9. The third kappa shape index (κ3) is 3.89. The molecule has 0 aliphatic heterocycles. The van der Waals surface area contributed by atoms with Crippen molar-refractivity contribution in [2.45, 2.75) is 19.8 Å². The maximum absolute atomic E-state index is 10.7. The quantitative estimate of drug-likeness (QED) is 0.441. The van der Waals surface area contributed by atoms with Gasteiger partial charge >= 0.3 is 0 Å². The number of halogens is 2. The van der Waals surface area contributed by atoms with Crippen LogP contribution in [0.5, 0.6) is 11.6 Å². The van der Waals surface area contributed by atoms with E-state index in [1.165, 1.54) is 18.2 Å². The van der Waals surface area contributed by atoms with Gasteiger partial charge in [-0.3, -0.25) is 10.1 Å². The maximum Gasteiger partial charge on any atom is 0.288 e. The summed E-state index contributed by atoms with van der Waals surface area (Å²) in [5, 5.41) is 10.7. The molecule has 0 unspecified atom stereocenters. The van der Waals surface area contributed by atoms with Crippen LogP contribution in [0.1, 0.15) is 25.6 Å². The first-order valence-electron chi connectivity index (χ1n) is 6.03. The van der Waals surface area contributed by atoms with Crippen LogP contribution in [-0.4, -0.2) is 14.9 Å². The Morgan fingerprint density at radius 2 is 2.05 bits per heavy atom. The lowest BCUT2D eigenvalue weighted by Crippen LogP contribution is -2.00. The van der Waals surface area contributed by atoms with Crippen molar-refractivity contribution < 1.29 is 9.66 Å². The van der Waals surface area contributed by atoms with E-state index in [1.807, 2.05) is 13.8 Å². The zero-order valence-corrected chi connectivity index (χ0v) is 13.6. The van der Waals surface area contributed by atoms with Gasteiger partial charge in [-0.25, -0.2) is 4.98 Å². The Kier molecular flexibility index (Phi) is 4.74. The molecule has 0 radical (unpaired) electrons. The lowest BCUT2D eigenvalue weighted by atomic mass is 10.2. The number of nitrogens with zero attached hydrogens (tertiary/aromatic N) is 3. The molecule has 8 heteroatoms. The standard InChI is InChI=1S/C13H11BrClN3O3/c1-7(2)13-16-11(14)6-12(17-13)21-8-3-4-10(18(19)20)9(15)5-8/h3-7H,1-2H3. The summed E-state index contributed by atoms with van der Waals surface area (Å²) in [6.07, 6.45) is 0. The van der Waals surface area contributed by atoms with E-state index in [0.717, 1.165) is 0 Å². The van der Waals surface area contributed by atoms with Crippen LogP contribution in [0.15, 0.2) is 28.9 Å². The molecular weight excluding hydrogens is 362 g/mol. The molecule has 0 aliphatic carbocycles. The summed E-state index contributed by atoms with van der Waals surface area (Å²) in [6, 6.07) is 5.75. The second-order valence-electron chi connectivity index (χ2n) is 4.51. The van der Waals surface area contributed by atoms with Crippen molar-refractivity contribution in [2.75, 3.05) is 0 Å². The SMILES string of the molecule is CC(C)c1nc(Br)cc(Oc2ccc([N+](=O)[O-])c(Cl)c2)n1. The fourth-order valence-corrected chi connectivity index (χ4v) is 2.16. The van der Waals surface area contributed by atoms with Crippen LogP contribution in [0.4, 0.5) is 5.69 Å². The van der Waals surface area contributed by atoms with Gasteiger partial charge in [0, 0.05) is 24.1 Å². The van der Waals surface area contributed by atoms with Crippen molar-refractivity contribution in [2.24, 2.45) is 0 Å². The average Bonchev–Trinajstić information content (AvgIpc) is 2.37. The molecule has 6 nitrogen and oxygen atoms in total. The molecule has 0 fully saturated rings. The van der Waals surface area contributed by atoms with E-state index >= 15 is 0 Å². The van der Waals surface area contributed by atoms with E-state index in [9.17, 15) is 10.1 Å². The van der Waals surface area contributed by atoms with Gasteiger partial charge in [-0.15, -0.1) is 0 Å². The molecule has 2 aromatic rings. The first kappa shape index (κ1) is 15.7. The molecule has 1 aromatic heterocycles. The molecule has 0 spiro atoms. The van der Waals surface area contributed by atoms with Gasteiger partial charge in [0.05, 0.1) is 4.92 Å². The van der Waals surface area contributed by atoms with Gasteiger partial charge in [0.15, 0.2) is 0 Å². The summed E-state index contributed by atoms with van der Waals surface area (Å²) >= 11 is 9.13. The molecule has 0 amide bonds. The minimum Gasteiger partial charge on any atom is -0.439 e. The van der Waals surface area contributed by atoms with Gasteiger partial charge in [0.25, 0.3) is 5.69 Å². The molecule has 0 bridgehead atoms. The number of nitro groups is 1. The van der Waals surface area contributed by atoms with Gasteiger partial charge in [0.1, 0.15) is 21.2 Å². The third-order valence-corrected chi connectivity index (χ3v) is 3.25. The van der Waals surface area contributed by atoms with Crippen LogP contribution < -0.4 is 4.74 Å². The highest BCUT2D eigenvalue weighted by Crippen LogP contribution is 2.31. The molecule has 0 saturated heterocycles. The third-order valence-electron chi connectivity index (χ3n) is 2.54. The molecule has 110 valence electrons. The molecule has 2 rings (SSSR count). The van der Waals surface area contributed by atoms with Crippen LogP contribution in [0.2, 0.25) is 5.02 Å². The number of rotatable bonds is 4. The van der Waals surface area contributed by atoms with E-state index in [1.54, 1.807) is 6.07 Å². The van der Waals surface area contributed by atoms with Crippen LogP contribution in [0.3, 0.4) is 0 Å². The van der Waals surface area contributed by atoms with Crippen molar-refractivity contribution in [3.63, 3.8) is 0 Å². The van der Waals surface area contributed by atoms with Crippen LogP contribution in [-0.2, 0) is 0 Å². The molecule has 1 heterocycles. The first-order valence-corrected chi connectivity index (χ1v) is 7.20. The van der Waals surface area contributed by atoms with Crippen LogP contribution in [0.25, 0.3) is 0 Å². The highest BCUT2D eigenvalue weighted by molar-refractivity contribution is 9.10. The van der Waals surface area contributed by atoms with E-state index in [-0.39, 0.29) is 16.6 Å². The van der Waals surface area contributed by atoms with Crippen molar-refractivity contribution >= 4 is 33.2 Å². The summed E-state index contributed by atoms with van der Waals surface area (Å²) in [5.41, 5.74) is -0.171. The normalized spacial score (nSPS) is 10.7. The molecule has 0 N–H and O–H groups in total. The Labute approximate surface area is 134 Å². The molecule has 21 heavy (non-hydrogen) atoms. The summed E-state index contributed by atoms with van der Waals surface area (Å²) in [4.78, 5) is 18.7. The molecule has 0 saturated carbocycles. The van der Waals surface area contributed by atoms with E-state index in [0.29, 0.717) is 22.1 Å². The van der Waals surface area contributed by atoms with Crippen molar-refractivity contribution in [3.05, 3.63) is 49.8 Å². The summed E-state index contributed by atoms with van der Waals surface area (Å²) in [5.74, 6) is 1.48. The zero-order chi connectivity index (χ0) is 15.6. The Hall–Kier alpha value is -1.73. The van der Waals surface area contributed by atoms with Crippen LogP contribution >= 0.6 is 27.5 Å². The van der Waals surface area contributed by atoms with E-state index < -0.39 is 4.92 Å². The predicted molar refractivity (Wildman–Crippen MR) is 82.0 cm³/mol. The van der Waals surface area contributed by atoms with Gasteiger partial charge in [0.2, 0.25) is 5.88 Å². The minimum absolute atomic E-state index is 0.00899. The molecule has 0 aliphatic rings. The number of hydrogen-bond donors (Lipinski definition) is 0. The second kappa shape index (κ2) is 6.36. The van der Waals surface area contributed by atoms with Crippen LogP contribution in [0, 0.1) is 10.1 Å². The van der Waals surface area contributed by atoms with Gasteiger partial charge in [-0.05, 0) is 22.0 Å². The summed E-state index contributed by atoms with van der Waals surface area (Å²) in [7, 11) is 0. The zero-order valence-electron chi connectivity index (χ0n) is 11.2. The second-order valence-corrected chi connectivity index (χ2v) is 5.73. The highest BCUT2D eigenvalue weighted by Gasteiger charge is 2.14. The lowest BCUT2D eigenvalue weighted by molar-refractivity contribution is -0.384. The van der Waals surface area contributed by atoms with Gasteiger partial charge in [-0.2, -0.15) is 4.98 Å².